The Morgan fingerprint density at radius 2 is 2.22 bits per heavy atom. The molecule has 0 atom stereocenters. The Morgan fingerprint density at radius 3 is 2.94 bits per heavy atom. The maximum Gasteiger partial charge on any atom is 0.122 e. The van der Waals surface area contributed by atoms with Gasteiger partial charge in [-0.25, -0.2) is 4.98 Å². The molecule has 1 heterocycles. The minimum Gasteiger partial charge on any atom is -0.496 e. The summed E-state index contributed by atoms with van der Waals surface area (Å²) in [6.07, 6.45) is 3.43. The summed E-state index contributed by atoms with van der Waals surface area (Å²) in [6, 6.07) is 6.17. The van der Waals surface area contributed by atoms with Gasteiger partial charge in [0.15, 0.2) is 0 Å². The second-order valence-corrected chi connectivity index (χ2v) is 4.39. The third-order valence-electron chi connectivity index (χ3n) is 2.89. The Bertz CT molecular complexity index is 520. The number of rotatable bonds is 5. The van der Waals surface area contributed by atoms with Crippen LogP contribution in [0.4, 0.5) is 0 Å². The van der Waals surface area contributed by atoms with Crippen molar-refractivity contribution in [3.63, 3.8) is 0 Å². The van der Waals surface area contributed by atoms with E-state index in [4.69, 9.17) is 10.5 Å². The summed E-state index contributed by atoms with van der Waals surface area (Å²) in [7, 11) is 1.69. The summed E-state index contributed by atoms with van der Waals surface area (Å²) in [5.41, 5.74) is 8.97. The molecule has 3 N–H and O–H groups in total. The summed E-state index contributed by atoms with van der Waals surface area (Å²) >= 11 is 0. The number of H-pyrrole nitrogens is 1. The first-order valence-corrected chi connectivity index (χ1v) is 6.09. The molecule has 4 nitrogen and oxygen atoms in total. The highest BCUT2D eigenvalue weighted by atomic mass is 16.5. The normalized spacial score (nSPS) is 10.6. The van der Waals surface area contributed by atoms with E-state index in [2.05, 4.69) is 23.0 Å². The zero-order chi connectivity index (χ0) is 13.0. The van der Waals surface area contributed by atoms with E-state index in [0.717, 1.165) is 35.7 Å². The lowest BCUT2D eigenvalue weighted by Crippen LogP contribution is -2.03. The number of aromatic nitrogens is 2. The van der Waals surface area contributed by atoms with Crippen molar-refractivity contribution in [3.8, 4) is 5.75 Å². The fourth-order valence-electron chi connectivity index (χ4n) is 2.00. The average molecular weight is 245 g/mol. The number of hydrogen-bond acceptors (Lipinski definition) is 3. The summed E-state index contributed by atoms with van der Waals surface area (Å²) in [4.78, 5) is 7.66. The minimum atomic E-state index is 0.634. The van der Waals surface area contributed by atoms with Gasteiger partial charge in [0, 0.05) is 30.3 Å². The standard InChI is InChI=1S/C14H19N3O/c1-10-3-4-13(18-2)11(7-10)8-14-16-9-12(17-14)5-6-15/h3-4,7,9H,5-6,8,15H2,1-2H3,(H,16,17). The van der Waals surface area contributed by atoms with Gasteiger partial charge in [0.1, 0.15) is 11.6 Å². The zero-order valence-corrected chi connectivity index (χ0v) is 10.9. The predicted molar refractivity (Wildman–Crippen MR) is 71.9 cm³/mol. The zero-order valence-electron chi connectivity index (χ0n) is 10.9. The molecule has 0 amide bonds. The molecule has 0 fully saturated rings. The van der Waals surface area contributed by atoms with E-state index in [0.29, 0.717) is 6.54 Å². The largest absolute Gasteiger partial charge is 0.496 e. The van der Waals surface area contributed by atoms with Crippen LogP contribution in [0.1, 0.15) is 22.6 Å². The van der Waals surface area contributed by atoms with E-state index in [9.17, 15) is 0 Å². The van der Waals surface area contributed by atoms with Crippen LogP contribution in [-0.2, 0) is 12.8 Å². The van der Waals surface area contributed by atoms with Crippen molar-refractivity contribution < 1.29 is 4.74 Å². The smallest absolute Gasteiger partial charge is 0.122 e. The number of aryl methyl sites for hydroxylation is 1. The molecular formula is C14H19N3O. The van der Waals surface area contributed by atoms with Gasteiger partial charge < -0.3 is 15.5 Å². The van der Waals surface area contributed by atoms with Crippen molar-refractivity contribution >= 4 is 0 Å². The Balaban J connectivity index is 2.19. The first kappa shape index (κ1) is 12.6. The van der Waals surface area contributed by atoms with Crippen molar-refractivity contribution in [3.05, 3.63) is 47.0 Å². The van der Waals surface area contributed by atoms with Gasteiger partial charge in [0.25, 0.3) is 0 Å². The van der Waals surface area contributed by atoms with Crippen LogP contribution in [0.2, 0.25) is 0 Å². The van der Waals surface area contributed by atoms with Gasteiger partial charge in [-0.15, -0.1) is 0 Å². The van der Waals surface area contributed by atoms with Gasteiger partial charge in [-0.3, -0.25) is 0 Å². The average Bonchev–Trinajstić information content (AvgIpc) is 2.77. The molecule has 18 heavy (non-hydrogen) atoms. The summed E-state index contributed by atoms with van der Waals surface area (Å²) in [5.74, 6) is 1.85. The number of ether oxygens (including phenoxy) is 1. The van der Waals surface area contributed by atoms with E-state index < -0.39 is 0 Å². The van der Waals surface area contributed by atoms with Crippen molar-refractivity contribution in [1.82, 2.24) is 9.97 Å². The second-order valence-electron chi connectivity index (χ2n) is 4.39. The fraction of sp³-hybridized carbons (Fsp3) is 0.357. The maximum absolute atomic E-state index is 5.52. The Morgan fingerprint density at radius 1 is 1.39 bits per heavy atom. The molecular weight excluding hydrogens is 226 g/mol. The van der Waals surface area contributed by atoms with Crippen molar-refractivity contribution in [1.29, 1.82) is 0 Å². The highest BCUT2D eigenvalue weighted by Gasteiger charge is 2.07. The molecule has 0 spiro atoms. The molecule has 0 unspecified atom stereocenters. The lowest BCUT2D eigenvalue weighted by molar-refractivity contribution is 0.410. The van der Waals surface area contributed by atoms with Crippen molar-refractivity contribution in [2.24, 2.45) is 5.73 Å². The molecule has 0 aliphatic heterocycles. The van der Waals surface area contributed by atoms with Crippen LogP contribution in [0.3, 0.4) is 0 Å². The SMILES string of the molecule is COc1ccc(C)cc1Cc1ncc(CCN)[nH]1. The molecule has 0 aliphatic carbocycles. The molecule has 96 valence electrons. The van der Waals surface area contributed by atoms with Crippen LogP contribution in [0.5, 0.6) is 5.75 Å². The second kappa shape index (κ2) is 5.69. The number of imidazole rings is 1. The lowest BCUT2D eigenvalue weighted by atomic mass is 10.1. The summed E-state index contributed by atoms with van der Waals surface area (Å²) in [5, 5.41) is 0. The van der Waals surface area contributed by atoms with Gasteiger partial charge in [-0.1, -0.05) is 17.7 Å². The van der Waals surface area contributed by atoms with E-state index in [1.165, 1.54) is 5.56 Å². The van der Waals surface area contributed by atoms with Crippen LogP contribution in [0.25, 0.3) is 0 Å². The highest BCUT2D eigenvalue weighted by molar-refractivity contribution is 5.38. The predicted octanol–water partition coefficient (Wildman–Crippen LogP) is 1.82. The maximum atomic E-state index is 5.52. The Kier molecular flexibility index (Phi) is 3.99. The molecule has 4 heteroatoms. The number of methoxy groups -OCH3 is 1. The lowest BCUT2D eigenvalue weighted by Gasteiger charge is -2.08. The summed E-state index contributed by atoms with van der Waals surface area (Å²) < 4.78 is 5.37. The number of hydrogen-bond donors (Lipinski definition) is 2. The molecule has 0 saturated heterocycles. The highest BCUT2D eigenvalue weighted by Crippen LogP contribution is 2.21. The van der Waals surface area contributed by atoms with Crippen LogP contribution < -0.4 is 10.5 Å². The van der Waals surface area contributed by atoms with Crippen molar-refractivity contribution in [2.45, 2.75) is 19.8 Å². The Hall–Kier alpha value is -1.81. The molecule has 0 saturated carbocycles. The Labute approximate surface area is 107 Å². The molecule has 0 aliphatic rings. The molecule has 2 aromatic rings. The minimum absolute atomic E-state index is 0.634. The van der Waals surface area contributed by atoms with Gasteiger partial charge in [0.2, 0.25) is 0 Å². The van der Waals surface area contributed by atoms with Gasteiger partial charge in [-0.2, -0.15) is 0 Å². The van der Waals surface area contributed by atoms with Crippen LogP contribution >= 0.6 is 0 Å². The van der Waals surface area contributed by atoms with Crippen LogP contribution in [0, 0.1) is 6.92 Å². The quantitative estimate of drug-likeness (QED) is 0.844. The van der Waals surface area contributed by atoms with Gasteiger partial charge in [0.05, 0.1) is 7.11 Å². The van der Waals surface area contributed by atoms with E-state index in [1.54, 1.807) is 7.11 Å². The number of nitrogens with zero attached hydrogens (tertiary/aromatic N) is 1. The monoisotopic (exact) mass is 245 g/mol. The fourth-order valence-corrected chi connectivity index (χ4v) is 2.00. The van der Waals surface area contributed by atoms with E-state index >= 15 is 0 Å². The first-order valence-electron chi connectivity index (χ1n) is 6.09. The van der Waals surface area contributed by atoms with Gasteiger partial charge >= 0.3 is 0 Å². The number of aromatic amines is 1. The molecule has 2 rings (SSSR count). The van der Waals surface area contributed by atoms with Crippen LogP contribution in [0.15, 0.2) is 24.4 Å². The number of nitrogens with one attached hydrogen (secondary N) is 1. The topological polar surface area (TPSA) is 63.9 Å². The van der Waals surface area contributed by atoms with Gasteiger partial charge in [-0.05, 0) is 19.5 Å². The third kappa shape index (κ3) is 2.90. The summed E-state index contributed by atoms with van der Waals surface area (Å²) in [6.45, 7) is 2.71. The molecule has 0 radical (unpaired) electrons. The molecule has 1 aromatic carbocycles. The first-order chi connectivity index (χ1) is 8.72. The van der Waals surface area contributed by atoms with Crippen molar-refractivity contribution in [2.75, 3.05) is 13.7 Å². The number of benzene rings is 1. The molecule has 1 aromatic heterocycles. The van der Waals surface area contributed by atoms with Crippen LogP contribution in [-0.4, -0.2) is 23.6 Å². The van der Waals surface area contributed by atoms with E-state index in [-0.39, 0.29) is 0 Å². The number of nitrogens with two attached hydrogens (primary N) is 1. The third-order valence-corrected chi connectivity index (χ3v) is 2.89. The van der Waals surface area contributed by atoms with E-state index in [1.807, 2.05) is 18.3 Å². The molecule has 0 bridgehead atoms.